The van der Waals surface area contributed by atoms with Crippen molar-refractivity contribution >= 4 is 0 Å². The first-order valence-electron chi connectivity index (χ1n) is 4.39. The molecular weight excluding hydrogens is 181 g/mol. The molecule has 0 fully saturated rings. The molecule has 1 aromatic rings. The molecule has 0 bridgehead atoms. The second kappa shape index (κ2) is 4.24. The van der Waals surface area contributed by atoms with Gasteiger partial charge in [0, 0.05) is 17.7 Å². The summed E-state index contributed by atoms with van der Waals surface area (Å²) in [6.45, 7) is 5.56. The van der Waals surface area contributed by atoms with Gasteiger partial charge in [0.05, 0.1) is 0 Å². The van der Waals surface area contributed by atoms with Gasteiger partial charge in [0.2, 0.25) is 0 Å². The highest BCUT2D eigenvalue weighted by atomic mass is 19.1. The highest BCUT2D eigenvalue weighted by Gasteiger charge is 2.11. The minimum atomic E-state index is -0.473. The van der Waals surface area contributed by atoms with Crippen LogP contribution in [0.25, 0.3) is 0 Å². The van der Waals surface area contributed by atoms with Crippen LogP contribution < -0.4 is 5.73 Å². The normalized spacial score (nSPS) is 12.5. The Balaban J connectivity index is 2.90. The van der Waals surface area contributed by atoms with E-state index in [1.54, 1.807) is 0 Å². The second-order valence-electron chi connectivity index (χ2n) is 3.47. The van der Waals surface area contributed by atoms with Crippen LogP contribution in [0.4, 0.5) is 4.39 Å². The molecule has 0 aliphatic carbocycles. The first kappa shape index (κ1) is 10.7. The van der Waals surface area contributed by atoms with E-state index < -0.39 is 11.9 Å². The van der Waals surface area contributed by atoms with Crippen molar-refractivity contribution < 1.29 is 9.50 Å². The highest BCUT2D eigenvalue weighted by Crippen LogP contribution is 2.23. The molecular formula is C11H14FNO. The number of halogens is 1. The van der Waals surface area contributed by atoms with Crippen molar-refractivity contribution in [3.8, 4) is 5.75 Å². The molecule has 0 unspecified atom stereocenters. The van der Waals surface area contributed by atoms with Gasteiger partial charge in [-0.1, -0.05) is 11.6 Å². The first-order valence-corrected chi connectivity index (χ1v) is 4.39. The third kappa shape index (κ3) is 2.57. The van der Waals surface area contributed by atoms with Gasteiger partial charge in [-0.3, -0.25) is 0 Å². The number of rotatable bonds is 3. The minimum Gasteiger partial charge on any atom is -0.508 e. The topological polar surface area (TPSA) is 46.2 Å². The number of hydrogen-bond acceptors (Lipinski definition) is 2. The smallest absolute Gasteiger partial charge is 0.131 e. The maximum Gasteiger partial charge on any atom is 0.131 e. The molecule has 14 heavy (non-hydrogen) atoms. The number of nitrogens with two attached hydrogens (primary N) is 1. The number of hydrogen-bond donors (Lipinski definition) is 2. The van der Waals surface area contributed by atoms with Gasteiger partial charge in [-0.25, -0.2) is 4.39 Å². The molecule has 0 aliphatic heterocycles. The fraction of sp³-hybridized carbons (Fsp3) is 0.273. The van der Waals surface area contributed by atoms with Crippen molar-refractivity contribution in [1.29, 1.82) is 0 Å². The number of benzene rings is 1. The third-order valence-electron chi connectivity index (χ3n) is 1.95. The van der Waals surface area contributed by atoms with Gasteiger partial charge in [-0.15, -0.1) is 6.58 Å². The van der Waals surface area contributed by atoms with Crippen molar-refractivity contribution in [3.05, 3.63) is 41.7 Å². The van der Waals surface area contributed by atoms with Crippen LogP contribution in [0.1, 0.15) is 24.9 Å². The van der Waals surface area contributed by atoms with Gasteiger partial charge in [-0.05, 0) is 19.4 Å². The quantitative estimate of drug-likeness (QED) is 0.728. The maximum atomic E-state index is 13.3. The SMILES string of the molecule is C=C(C)C[C@H](N)c1ccc(O)cc1F. The van der Waals surface area contributed by atoms with Gasteiger partial charge in [0.25, 0.3) is 0 Å². The van der Waals surface area contributed by atoms with Crippen molar-refractivity contribution in [1.82, 2.24) is 0 Å². The Morgan fingerprint density at radius 1 is 1.64 bits per heavy atom. The molecule has 0 heterocycles. The Labute approximate surface area is 82.9 Å². The fourth-order valence-electron chi connectivity index (χ4n) is 1.30. The van der Waals surface area contributed by atoms with Crippen molar-refractivity contribution in [2.45, 2.75) is 19.4 Å². The predicted molar refractivity (Wildman–Crippen MR) is 54.4 cm³/mol. The van der Waals surface area contributed by atoms with Crippen LogP contribution >= 0.6 is 0 Å². The van der Waals surface area contributed by atoms with Crippen LogP contribution in [0, 0.1) is 5.82 Å². The van der Waals surface area contributed by atoms with Gasteiger partial charge < -0.3 is 10.8 Å². The Bertz CT molecular complexity index is 349. The Morgan fingerprint density at radius 2 is 2.29 bits per heavy atom. The van der Waals surface area contributed by atoms with Crippen LogP contribution in [-0.4, -0.2) is 5.11 Å². The summed E-state index contributed by atoms with van der Waals surface area (Å²) in [7, 11) is 0. The van der Waals surface area contributed by atoms with E-state index in [0.29, 0.717) is 12.0 Å². The Kier molecular flexibility index (Phi) is 3.25. The molecule has 0 spiro atoms. The summed E-state index contributed by atoms with van der Waals surface area (Å²) in [4.78, 5) is 0. The lowest BCUT2D eigenvalue weighted by Gasteiger charge is -2.12. The molecule has 0 radical (unpaired) electrons. The zero-order chi connectivity index (χ0) is 10.7. The molecule has 1 rings (SSSR count). The summed E-state index contributed by atoms with van der Waals surface area (Å²) in [5.74, 6) is -0.562. The molecule has 0 aliphatic rings. The molecule has 0 aromatic heterocycles. The molecule has 0 saturated heterocycles. The van der Waals surface area contributed by atoms with E-state index >= 15 is 0 Å². The maximum absolute atomic E-state index is 13.3. The second-order valence-corrected chi connectivity index (χ2v) is 3.47. The molecule has 0 saturated carbocycles. The Morgan fingerprint density at radius 3 is 2.79 bits per heavy atom. The average molecular weight is 195 g/mol. The summed E-state index contributed by atoms with van der Waals surface area (Å²) in [5, 5.41) is 9.00. The lowest BCUT2D eigenvalue weighted by atomic mass is 10.0. The van der Waals surface area contributed by atoms with Gasteiger partial charge in [0.15, 0.2) is 0 Å². The third-order valence-corrected chi connectivity index (χ3v) is 1.95. The van der Waals surface area contributed by atoms with E-state index in [-0.39, 0.29) is 5.75 Å². The van der Waals surface area contributed by atoms with Crippen LogP contribution in [0.3, 0.4) is 0 Å². The molecule has 0 amide bonds. The summed E-state index contributed by atoms with van der Waals surface area (Å²) >= 11 is 0. The summed E-state index contributed by atoms with van der Waals surface area (Å²) < 4.78 is 13.3. The molecule has 3 N–H and O–H groups in total. The van der Waals surface area contributed by atoms with Crippen molar-refractivity contribution in [2.75, 3.05) is 0 Å². The van der Waals surface area contributed by atoms with E-state index in [1.807, 2.05) is 6.92 Å². The summed E-state index contributed by atoms with van der Waals surface area (Å²) in [5.41, 5.74) is 7.08. The van der Waals surface area contributed by atoms with Crippen molar-refractivity contribution in [3.63, 3.8) is 0 Å². The standard InChI is InChI=1S/C11H14FNO/c1-7(2)5-11(13)9-4-3-8(14)6-10(9)12/h3-4,6,11,14H,1,5,13H2,2H3/t11-/m0/s1. The lowest BCUT2D eigenvalue weighted by Crippen LogP contribution is -2.12. The number of phenols is 1. The molecule has 1 atom stereocenters. The van der Waals surface area contributed by atoms with Crippen LogP contribution in [0.2, 0.25) is 0 Å². The van der Waals surface area contributed by atoms with Crippen molar-refractivity contribution in [2.24, 2.45) is 5.73 Å². The van der Waals surface area contributed by atoms with Gasteiger partial charge in [-0.2, -0.15) is 0 Å². The average Bonchev–Trinajstić information content (AvgIpc) is 2.01. The van der Waals surface area contributed by atoms with Crippen LogP contribution in [-0.2, 0) is 0 Å². The van der Waals surface area contributed by atoms with E-state index in [4.69, 9.17) is 10.8 Å². The Hall–Kier alpha value is -1.35. The summed E-state index contributed by atoms with van der Waals surface area (Å²) in [6, 6.07) is 3.59. The number of aromatic hydroxyl groups is 1. The van der Waals surface area contributed by atoms with E-state index in [9.17, 15) is 4.39 Å². The fourth-order valence-corrected chi connectivity index (χ4v) is 1.30. The molecule has 3 heteroatoms. The van der Waals surface area contributed by atoms with Gasteiger partial charge >= 0.3 is 0 Å². The molecule has 2 nitrogen and oxygen atoms in total. The van der Waals surface area contributed by atoms with E-state index in [0.717, 1.165) is 11.6 Å². The van der Waals surface area contributed by atoms with Gasteiger partial charge in [0.1, 0.15) is 11.6 Å². The highest BCUT2D eigenvalue weighted by molar-refractivity contribution is 5.30. The zero-order valence-corrected chi connectivity index (χ0v) is 8.13. The van der Waals surface area contributed by atoms with E-state index in [1.165, 1.54) is 12.1 Å². The predicted octanol–water partition coefficient (Wildman–Crippen LogP) is 2.50. The first-order chi connectivity index (χ1) is 6.50. The van der Waals surface area contributed by atoms with Crippen LogP contribution in [0.5, 0.6) is 5.75 Å². The molecule has 1 aromatic carbocycles. The molecule has 76 valence electrons. The largest absolute Gasteiger partial charge is 0.508 e. The number of phenolic OH excluding ortho intramolecular Hbond substituents is 1. The lowest BCUT2D eigenvalue weighted by molar-refractivity contribution is 0.466. The monoisotopic (exact) mass is 195 g/mol. The zero-order valence-electron chi connectivity index (χ0n) is 8.13. The van der Waals surface area contributed by atoms with E-state index in [2.05, 4.69) is 6.58 Å². The minimum absolute atomic E-state index is 0.0891. The van der Waals surface area contributed by atoms with Crippen LogP contribution in [0.15, 0.2) is 30.4 Å². The summed E-state index contributed by atoms with van der Waals surface area (Å²) in [6.07, 6.45) is 0.543.